The predicted molar refractivity (Wildman–Crippen MR) is 82.7 cm³/mol. The van der Waals surface area contributed by atoms with Gasteiger partial charge in [0.05, 0.1) is 24.5 Å². The van der Waals surface area contributed by atoms with Crippen LogP contribution in [-0.4, -0.2) is 31.9 Å². The second kappa shape index (κ2) is 5.18. The summed E-state index contributed by atoms with van der Waals surface area (Å²) in [5, 5.41) is 3.52. The molecule has 114 valence electrons. The van der Waals surface area contributed by atoms with E-state index in [0.717, 1.165) is 50.4 Å². The summed E-state index contributed by atoms with van der Waals surface area (Å²) in [6.45, 7) is 5.06. The number of hydrogen-bond acceptors (Lipinski definition) is 4. The summed E-state index contributed by atoms with van der Waals surface area (Å²) in [7, 11) is 0. The van der Waals surface area contributed by atoms with Gasteiger partial charge in [-0.05, 0) is 55.4 Å². The molecule has 3 N–H and O–H groups in total. The van der Waals surface area contributed by atoms with Crippen LogP contribution in [0, 0.1) is 12.8 Å². The van der Waals surface area contributed by atoms with E-state index in [1.165, 1.54) is 11.1 Å². The third-order valence-electron chi connectivity index (χ3n) is 5.03. The number of fused-ring (bicyclic) bond motifs is 4. The Labute approximate surface area is 126 Å². The molecule has 1 aliphatic carbocycles. The summed E-state index contributed by atoms with van der Waals surface area (Å²) in [5.41, 5.74) is 9.60. The van der Waals surface area contributed by atoms with E-state index in [0.29, 0.717) is 24.0 Å². The van der Waals surface area contributed by atoms with Crippen LogP contribution in [0.25, 0.3) is 0 Å². The molecule has 0 spiro atoms. The number of aryl methyl sites for hydroxylation is 1. The Hall–Kier alpha value is -1.26. The number of anilines is 1. The Kier molecular flexibility index (Phi) is 3.31. The standard InChI is InChI=1S/C17H24N2O2/c1-10-4-16(18)17(21-12-2-3-12)6-14(10)15-5-13-8-19-7-11(15)9-20-13/h4,6,11-13,15,19H,2-3,5,7-9,18H2,1H3. The van der Waals surface area contributed by atoms with Crippen molar-refractivity contribution in [1.82, 2.24) is 5.32 Å². The van der Waals surface area contributed by atoms with Gasteiger partial charge < -0.3 is 20.5 Å². The van der Waals surface area contributed by atoms with Gasteiger partial charge in [-0.2, -0.15) is 0 Å². The predicted octanol–water partition coefficient (Wildman–Crippen LogP) is 2.21. The smallest absolute Gasteiger partial charge is 0.142 e. The first-order valence-electron chi connectivity index (χ1n) is 8.09. The van der Waals surface area contributed by atoms with Gasteiger partial charge in [-0.15, -0.1) is 0 Å². The monoisotopic (exact) mass is 288 g/mol. The number of hydrogen-bond donors (Lipinski definition) is 2. The van der Waals surface area contributed by atoms with Gasteiger partial charge >= 0.3 is 0 Å². The van der Waals surface area contributed by atoms with E-state index in [-0.39, 0.29) is 0 Å². The quantitative estimate of drug-likeness (QED) is 0.837. The van der Waals surface area contributed by atoms with Crippen LogP contribution in [0.2, 0.25) is 0 Å². The molecule has 2 bridgehead atoms. The number of ether oxygens (including phenoxy) is 2. The van der Waals surface area contributed by atoms with Crippen LogP contribution in [0.4, 0.5) is 5.69 Å². The van der Waals surface area contributed by atoms with Crippen LogP contribution in [0.15, 0.2) is 12.1 Å². The lowest BCUT2D eigenvalue weighted by molar-refractivity contribution is -0.00460. The normalized spacial score (nSPS) is 32.0. The largest absolute Gasteiger partial charge is 0.488 e. The molecule has 3 unspecified atom stereocenters. The molecular formula is C17H24N2O2. The molecule has 21 heavy (non-hydrogen) atoms. The van der Waals surface area contributed by atoms with Crippen molar-refractivity contribution in [3.8, 4) is 5.75 Å². The van der Waals surface area contributed by atoms with Gasteiger partial charge in [0.2, 0.25) is 0 Å². The van der Waals surface area contributed by atoms with Gasteiger partial charge in [-0.3, -0.25) is 0 Å². The van der Waals surface area contributed by atoms with Gasteiger partial charge in [0, 0.05) is 19.0 Å². The molecule has 0 aromatic heterocycles. The molecule has 3 heterocycles. The number of nitrogen functional groups attached to an aromatic ring is 1. The maximum absolute atomic E-state index is 6.14. The molecule has 5 rings (SSSR count). The minimum Gasteiger partial charge on any atom is -0.488 e. The minimum absolute atomic E-state index is 0.346. The van der Waals surface area contributed by atoms with Gasteiger partial charge in [0.25, 0.3) is 0 Å². The first-order chi connectivity index (χ1) is 10.2. The summed E-state index contributed by atoms with van der Waals surface area (Å²) in [5.74, 6) is 1.99. The lowest BCUT2D eigenvalue weighted by atomic mass is 9.79. The summed E-state index contributed by atoms with van der Waals surface area (Å²) >= 11 is 0. The lowest BCUT2D eigenvalue weighted by Crippen LogP contribution is -2.31. The number of nitrogens with one attached hydrogen (secondary N) is 1. The zero-order chi connectivity index (χ0) is 14.4. The first kappa shape index (κ1) is 13.4. The maximum Gasteiger partial charge on any atom is 0.142 e. The SMILES string of the molecule is Cc1cc(N)c(OC2CC2)cc1C1CC2CNCC1CO2. The maximum atomic E-state index is 6.14. The Morgan fingerprint density at radius 2 is 2.14 bits per heavy atom. The first-order valence-corrected chi connectivity index (χ1v) is 8.09. The van der Waals surface area contributed by atoms with Crippen molar-refractivity contribution in [2.75, 3.05) is 25.4 Å². The van der Waals surface area contributed by atoms with Crippen molar-refractivity contribution in [3.63, 3.8) is 0 Å². The molecule has 3 saturated heterocycles. The summed E-state index contributed by atoms with van der Waals surface area (Å²) in [4.78, 5) is 0. The number of nitrogens with two attached hydrogens (primary N) is 1. The molecule has 3 atom stereocenters. The molecule has 1 aromatic rings. The molecule has 1 saturated carbocycles. The minimum atomic E-state index is 0.346. The third-order valence-corrected chi connectivity index (χ3v) is 5.03. The van der Waals surface area contributed by atoms with Crippen LogP contribution in [0.1, 0.15) is 36.3 Å². The number of benzene rings is 1. The average molecular weight is 288 g/mol. The zero-order valence-electron chi connectivity index (χ0n) is 12.6. The van der Waals surface area contributed by atoms with Crippen molar-refractivity contribution >= 4 is 5.69 Å². The van der Waals surface area contributed by atoms with E-state index in [4.69, 9.17) is 15.2 Å². The summed E-state index contributed by atoms with van der Waals surface area (Å²) in [6, 6.07) is 4.29. The molecule has 1 aromatic carbocycles. The zero-order valence-corrected chi connectivity index (χ0v) is 12.6. The summed E-state index contributed by atoms with van der Waals surface area (Å²) in [6.07, 6.45) is 4.16. The average Bonchev–Trinajstić information content (AvgIpc) is 3.29. The Balaban J connectivity index is 1.66. The van der Waals surface area contributed by atoms with Gasteiger partial charge in [-0.1, -0.05) is 0 Å². The van der Waals surface area contributed by atoms with Crippen LogP contribution in [0.3, 0.4) is 0 Å². The van der Waals surface area contributed by atoms with Crippen LogP contribution in [-0.2, 0) is 4.74 Å². The van der Waals surface area contributed by atoms with Crippen molar-refractivity contribution in [3.05, 3.63) is 23.3 Å². The summed E-state index contributed by atoms with van der Waals surface area (Å²) < 4.78 is 11.9. The van der Waals surface area contributed by atoms with E-state index in [2.05, 4.69) is 24.4 Å². The second-order valence-corrected chi connectivity index (χ2v) is 6.78. The van der Waals surface area contributed by atoms with Gasteiger partial charge in [-0.25, -0.2) is 0 Å². The Morgan fingerprint density at radius 1 is 1.29 bits per heavy atom. The highest BCUT2D eigenvalue weighted by Crippen LogP contribution is 2.41. The van der Waals surface area contributed by atoms with Crippen molar-refractivity contribution in [2.45, 2.75) is 44.3 Å². The fourth-order valence-corrected chi connectivity index (χ4v) is 3.67. The topological polar surface area (TPSA) is 56.5 Å². The molecule has 4 aliphatic rings. The Bertz CT molecular complexity index is 538. The molecular weight excluding hydrogens is 264 g/mol. The van der Waals surface area contributed by atoms with Crippen LogP contribution in [0.5, 0.6) is 5.75 Å². The highest BCUT2D eigenvalue weighted by Gasteiger charge is 2.36. The van der Waals surface area contributed by atoms with Crippen LogP contribution >= 0.6 is 0 Å². The fraction of sp³-hybridized carbons (Fsp3) is 0.647. The van der Waals surface area contributed by atoms with Crippen molar-refractivity contribution < 1.29 is 9.47 Å². The fourth-order valence-electron chi connectivity index (χ4n) is 3.67. The highest BCUT2D eigenvalue weighted by atomic mass is 16.5. The molecule has 4 heteroatoms. The Morgan fingerprint density at radius 3 is 2.95 bits per heavy atom. The second-order valence-electron chi connectivity index (χ2n) is 6.78. The van der Waals surface area contributed by atoms with E-state index in [9.17, 15) is 0 Å². The van der Waals surface area contributed by atoms with E-state index < -0.39 is 0 Å². The van der Waals surface area contributed by atoms with Gasteiger partial charge in [0.1, 0.15) is 5.75 Å². The van der Waals surface area contributed by atoms with Gasteiger partial charge in [0.15, 0.2) is 0 Å². The van der Waals surface area contributed by atoms with E-state index >= 15 is 0 Å². The van der Waals surface area contributed by atoms with E-state index in [1.54, 1.807) is 0 Å². The van der Waals surface area contributed by atoms with E-state index in [1.807, 2.05) is 0 Å². The van der Waals surface area contributed by atoms with Crippen molar-refractivity contribution in [2.24, 2.45) is 5.92 Å². The molecule has 4 fully saturated rings. The molecule has 0 radical (unpaired) electrons. The lowest BCUT2D eigenvalue weighted by Gasteiger charge is -2.33. The third kappa shape index (κ3) is 2.62. The van der Waals surface area contributed by atoms with Crippen LogP contribution < -0.4 is 15.8 Å². The molecule has 3 aliphatic heterocycles. The number of rotatable bonds is 3. The molecule has 0 amide bonds. The van der Waals surface area contributed by atoms with Crippen molar-refractivity contribution in [1.29, 1.82) is 0 Å². The highest BCUT2D eigenvalue weighted by molar-refractivity contribution is 5.57. The molecule has 4 nitrogen and oxygen atoms in total.